The molecule has 0 radical (unpaired) electrons. The first-order valence-electron chi connectivity index (χ1n) is 10.7. The number of carbonyl (C=O) groups excluding carboxylic acids is 1. The monoisotopic (exact) mass is 437 g/mol. The Hall–Kier alpha value is -3.25. The minimum absolute atomic E-state index is 0.147. The second kappa shape index (κ2) is 10.9. The van der Waals surface area contributed by atoms with Crippen LogP contribution in [0.25, 0.3) is 27.7 Å². The summed E-state index contributed by atoms with van der Waals surface area (Å²) in [4.78, 5) is 12.4. The quantitative estimate of drug-likeness (QED) is 0.337. The lowest BCUT2D eigenvalue weighted by molar-refractivity contribution is -0.116. The van der Waals surface area contributed by atoms with Gasteiger partial charge in [0.2, 0.25) is 5.91 Å². The number of methoxy groups -OCH3 is 2. The lowest BCUT2D eigenvalue weighted by Crippen LogP contribution is -2.23. The van der Waals surface area contributed by atoms with E-state index >= 15 is 0 Å². The fourth-order valence-corrected chi connectivity index (χ4v) is 3.54. The van der Waals surface area contributed by atoms with Crippen LogP contribution >= 0.6 is 0 Å². The van der Waals surface area contributed by atoms with Crippen molar-refractivity contribution in [1.29, 1.82) is 0 Å². The molecule has 3 aromatic rings. The lowest BCUT2D eigenvalue weighted by Gasteiger charge is -2.11. The van der Waals surface area contributed by atoms with Gasteiger partial charge in [-0.2, -0.15) is 0 Å². The largest absolute Gasteiger partial charge is 0.496 e. The number of allylic oxidation sites excluding steroid dienone is 1. The molecule has 6 heteroatoms. The summed E-state index contributed by atoms with van der Waals surface area (Å²) in [5, 5.41) is 3.83. The Kier molecular flexibility index (Phi) is 7.95. The van der Waals surface area contributed by atoms with E-state index in [2.05, 4.69) is 5.32 Å². The maximum Gasteiger partial charge on any atom is 0.244 e. The van der Waals surface area contributed by atoms with E-state index in [4.69, 9.17) is 18.6 Å². The van der Waals surface area contributed by atoms with Gasteiger partial charge in [0, 0.05) is 47.4 Å². The molecule has 1 N–H and O–H groups in total. The van der Waals surface area contributed by atoms with E-state index in [1.165, 1.54) is 0 Å². The van der Waals surface area contributed by atoms with Crippen LogP contribution in [-0.2, 0) is 9.53 Å². The van der Waals surface area contributed by atoms with Gasteiger partial charge < -0.3 is 23.9 Å². The standard InChI is InChI=1S/C26H31NO5/c1-17(2)31-12-8-11-27-26(28)13-18(3)20-14-21-22(16-32-25(21)15-24(20)30-5)19-9-6-7-10-23(19)29-4/h6-7,9-10,13-17H,8,11-12H2,1-5H3,(H,27,28)/b18-13+. The molecule has 170 valence electrons. The van der Waals surface area contributed by atoms with Gasteiger partial charge in [-0.1, -0.05) is 18.2 Å². The first-order valence-corrected chi connectivity index (χ1v) is 10.7. The molecular weight excluding hydrogens is 406 g/mol. The Morgan fingerprint density at radius 3 is 2.56 bits per heavy atom. The highest BCUT2D eigenvalue weighted by atomic mass is 16.5. The van der Waals surface area contributed by atoms with Crippen molar-refractivity contribution < 1.29 is 23.4 Å². The molecule has 0 aliphatic heterocycles. The molecule has 1 heterocycles. The van der Waals surface area contributed by atoms with Crippen molar-refractivity contribution in [2.75, 3.05) is 27.4 Å². The number of para-hydroxylation sites is 1. The Morgan fingerprint density at radius 1 is 1.09 bits per heavy atom. The molecule has 3 rings (SSSR count). The summed E-state index contributed by atoms with van der Waals surface area (Å²) in [6.45, 7) is 7.07. The van der Waals surface area contributed by atoms with Crippen LogP contribution < -0.4 is 14.8 Å². The van der Waals surface area contributed by atoms with E-state index in [9.17, 15) is 4.79 Å². The predicted octanol–water partition coefficient (Wildman–Crippen LogP) is 5.45. The van der Waals surface area contributed by atoms with Crippen LogP contribution in [0.3, 0.4) is 0 Å². The van der Waals surface area contributed by atoms with Gasteiger partial charge in [0.15, 0.2) is 0 Å². The minimum atomic E-state index is -0.147. The summed E-state index contributed by atoms with van der Waals surface area (Å²) in [6, 6.07) is 11.6. The van der Waals surface area contributed by atoms with Gasteiger partial charge in [0.1, 0.15) is 17.1 Å². The van der Waals surface area contributed by atoms with Gasteiger partial charge >= 0.3 is 0 Å². The summed E-state index contributed by atoms with van der Waals surface area (Å²) in [6.07, 6.45) is 4.27. The smallest absolute Gasteiger partial charge is 0.244 e. The average molecular weight is 438 g/mol. The van der Waals surface area contributed by atoms with Crippen LogP contribution in [0, 0.1) is 0 Å². The third kappa shape index (κ3) is 5.51. The zero-order chi connectivity index (χ0) is 23.1. The van der Waals surface area contributed by atoms with Crippen molar-refractivity contribution in [3.63, 3.8) is 0 Å². The van der Waals surface area contributed by atoms with Crippen molar-refractivity contribution in [3.8, 4) is 22.6 Å². The number of carbonyl (C=O) groups is 1. The van der Waals surface area contributed by atoms with Gasteiger partial charge in [-0.25, -0.2) is 0 Å². The van der Waals surface area contributed by atoms with Crippen molar-refractivity contribution in [2.45, 2.75) is 33.3 Å². The second-order valence-corrected chi connectivity index (χ2v) is 7.79. The molecule has 0 bridgehead atoms. The third-order valence-corrected chi connectivity index (χ3v) is 5.14. The number of amides is 1. The maximum absolute atomic E-state index is 12.4. The van der Waals surface area contributed by atoms with E-state index in [0.717, 1.165) is 39.8 Å². The molecule has 1 aromatic heterocycles. The number of hydrogen-bond donors (Lipinski definition) is 1. The Bertz CT molecular complexity index is 1100. The van der Waals surface area contributed by atoms with Crippen LogP contribution in [-0.4, -0.2) is 39.4 Å². The van der Waals surface area contributed by atoms with Crippen molar-refractivity contribution in [2.24, 2.45) is 0 Å². The molecule has 6 nitrogen and oxygen atoms in total. The van der Waals surface area contributed by atoms with Gasteiger partial charge in [-0.3, -0.25) is 4.79 Å². The molecule has 0 atom stereocenters. The Labute approximate surface area is 189 Å². The highest BCUT2D eigenvalue weighted by Crippen LogP contribution is 2.40. The normalized spacial score (nSPS) is 11.8. The number of hydrogen-bond acceptors (Lipinski definition) is 5. The third-order valence-electron chi connectivity index (χ3n) is 5.14. The molecule has 32 heavy (non-hydrogen) atoms. The first kappa shape index (κ1) is 23.4. The van der Waals surface area contributed by atoms with E-state index in [0.29, 0.717) is 24.5 Å². The maximum atomic E-state index is 12.4. The topological polar surface area (TPSA) is 69.9 Å². The molecular formula is C26H31NO5. The molecule has 0 spiro atoms. The molecule has 0 aliphatic rings. The predicted molar refractivity (Wildman–Crippen MR) is 127 cm³/mol. The average Bonchev–Trinajstić information content (AvgIpc) is 3.20. The first-order chi connectivity index (χ1) is 15.4. The van der Waals surface area contributed by atoms with Crippen LogP contribution in [0.15, 0.2) is 53.2 Å². The fourth-order valence-electron chi connectivity index (χ4n) is 3.54. The summed E-state index contributed by atoms with van der Waals surface area (Å²) >= 11 is 0. The zero-order valence-corrected chi connectivity index (χ0v) is 19.4. The van der Waals surface area contributed by atoms with Crippen molar-refractivity contribution in [3.05, 3.63) is 54.3 Å². The number of nitrogens with one attached hydrogen (secondary N) is 1. The molecule has 0 unspecified atom stereocenters. The number of ether oxygens (including phenoxy) is 3. The van der Waals surface area contributed by atoms with Gasteiger partial charge in [-0.15, -0.1) is 0 Å². The highest BCUT2D eigenvalue weighted by Gasteiger charge is 2.16. The van der Waals surface area contributed by atoms with E-state index in [1.54, 1.807) is 26.6 Å². The van der Waals surface area contributed by atoms with E-state index in [1.807, 2.05) is 57.2 Å². The fraction of sp³-hybridized carbons (Fsp3) is 0.346. The van der Waals surface area contributed by atoms with Crippen LogP contribution in [0.1, 0.15) is 32.8 Å². The minimum Gasteiger partial charge on any atom is -0.496 e. The molecule has 2 aromatic carbocycles. The summed E-state index contributed by atoms with van der Waals surface area (Å²) in [5.74, 6) is 1.26. The Balaban J connectivity index is 1.87. The van der Waals surface area contributed by atoms with Gasteiger partial charge in [-0.05, 0) is 44.9 Å². The summed E-state index contributed by atoms with van der Waals surface area (Å²) < 4.78 is 22.4. The number of fused-ring (bicyclic) bond motifs is 1. The number of benzene rings is 2. The molecule has 1 amide bonds. The van der Waals surface area contributed by atoms with Crippen LogP contribution in [0.4, 0.5) is 0 Å². The van der Waals surface area contributed by atoms with Crippen LogP contribution in [0.2, 0.25) is 0 Å². The number of rotatable bonds is 10. The zero-order valence-electron chi connectivity index (χ0n) is 19.4. The van der Waals surface area contributed by atoms with Crippen molar-refractivity contribution >= 4 is 22.4 Å². The summed E-state index contributed by atoms with van der Waals surface area (Å²) in [7, 11) is 3.26. The van der Waals surface area contributed by atoms with Crippen molar-refractivity contribution in [1.82, 2.24) is 5.32 Å². The van der Waals surface area contributed by atoms with Crippen LogP contribution in [0.5, 0.6) is 11.5 Å². The summed E-state index contributed by atoms with van der Waals surface area (Å²) in [5.41, 5.74) is 4.19. The van der Waals surface area contributed by atoms with E-state index < -0.39 is 0 Å². The highest BCUT2D eigenvalue weighted by molar-refractivity contribution is 6.01. The SMILES string of the molecule is COc1cc2occ(-c3ccccc3OC)c2cc1/C(C)=C/C(=O)NCCCOC(C)C. The molecule has 0 saturated heterocycles. The molecule has 0 saturated carbocycles. The lowest BCUT2D eigenvalue weighted by atomic mass is 9.98. The second-order valence-electron chi connectivity index (χ2n) is 7.79. The molecule has 0 fully saturated rings. The molecule has 0 aliphatic carbocycles. The van der Waals surface area contributed by atoms with Gasteiger partial charge in [0.25, 0.3) is 0 Å². The number of furan rings is 1. The Morgan fingerprint density at radius 2 is 1.84 bits per heavy atom. The van der Waals surface area contributed by atoms with E-state index in [-0.39, 0.29) is 12.0 Å². The van der Waals surface area contributed by atoms with Gasteiger partial charge in [0.05, 0.1) is 26.6 Å².